The van der Waals surface area contributed by atoms with Crippen molar-refractivity contribution in [2.24, 2.45) is 0 Å². The number of aromatic nitrogens is 3. The summed E-state index contributed by atoms with van der Waals surface area (Å²) in [5, 5.41) is 4.80. The van der Waals surface area contributed by atoms with E-state index in [4.69, 9.17) is 9.47 Å². The third-order valence-corrected chi connectivity index (χ3v) is 4.72. The van der Waals surface area contributed by atoms with Crippen LogP contribution < -0.4 is 16.6 Å². The van der Waals surface area contributed by atoms with Gasteiger partial charge in [-0.3, -0.25) is 19.1 Å². The molecule has 3 rings (SSSR count). The van der Waals surface area contributed by atoms with Gasteiger partial charge in [0.1, 0.15) is 12.6 Å². The van der Waals surface area contributed by atoms with Crippen molar-refractivity contribution in [1.82, 2.24) is 19.9 Å². The number of hydrogen-bond donors (Lipinski definition) is 2. The quantitative estimate of drug-likeness (QED) is 0.717. The molecular formula is C16H20N4O5S. The minimum absolute atomic E-state index is 0.174. The minimum atomic E-state index is -0.612. The fraction of sp³-hybridized carbons (Fsp3) is 0.500. The number of ether oxygens (including phenoxy) is 2. The zero-order chi connectivity index (χ0) is 18.5. The molecule has 0 radical (unpaired) electrons. The van der Waals surface area contributed by atoms with Gasteiger partial charge in [-0.25, -0.2) is 9.78 Å². The SMILES string of the molecule is Cc1cn(CC(=O)N[C@@H]2CCOC[C@H]2OCc2cscn2)c(=O)[nH]c1=O. The summed E-state index contributed by atoms with van der Waals surface area (Å²) in [6.07, 6.45) is 1.71. The summed E-state index contributed by atoms with van der Waals surface area (Å²) in [5.41, 5.74) is 1.87. The van der Waals surface area contributed by atoms with E-state index in [1.54, 1.807) is 12.4 Å². The average molecular weight is 380 g/mol. The standard InChI is InChI=1S/C16H20N4O5S/c1-10-4-20(16(23)19-15(10)22)5-14(21)18-12-2-3-24-7-13(12)25-6-11-8-26-9-17-11/h4,8-9,12-13H,2-3,5-7H2,1H3,(H,18,21)(H,19,22,23)/t12-,13-/m1/s1. The monoisotopic (exact) mass is 380 g/mol. The molecule has 2 N–H and O–H groups in total. The lowest BCUT2D eigenvalue weighted by Crippen LogP contribution is -2.51. The van der Waals surface area contributed by atoms with Crippen LogP contribution in [0, 0.1) is 6.92 Å². The summed E-state index contributed by atoms with van der Waals surface area (Å²) >= 11 is 1.49. The van der Waals surface area contributed by atoms with Gasteiger partial charge in [-0.1, -0.05) is 0 Å². The van der Waals surface area contributed by atoms with Crippen molar-refractivity contribution in [1.29, 1.82) is 0 Å². The highest BCUT2D eigenvalue weighted by Crippen LogP contribution is 2.14. The van der Waals surface area contributed by atoms with Crippen LogP contribution in [-0.4, -0.2) is 45.8 Å². The molecule has 1 fully saturated rings. The number of hydrogen-bond acceptors (Lipinski definition) is 7. The molecule has 2 aromatic rings. The zero-order valence-electron chi connectivity index (χ0n) is 14.3. The highest BCUT2D eigenvalue weighted by molar-refractivity contribution is 7.07. The largest absolute Gasteiger partial charge is 0.379 e. The van der Waals surface area contributed by atoms with Gasteiger partial charge < -0.3 is 14.8 Å². The molecule has 1 aliphatic rings. The molecule has 2 aromatic heterocycles. The molecule has 0 aromatic carbocycles. The van der Waals surface area contributed by atoms with E-state index in [2.05, 4.69) is 15.3 Å². The topological polar surface area (TPSA) is 115 Å². The van der Waals surface area contributed by atoms with Crippen molar-refractivity contribution >= 4 is 17.2 Å². The van der Waals surface area contributed by atoms with Crippen molar-refractivity contribution in [3.8, 4) is 0 Å². The van der Waals surface area contributed by atoms with Crippen LogP contribution in [0.1, 0.15) is 17.7 Å². The van der Waals surface area contributed by atoms with Crippen molar-refractivity contribution in [3.05, 3.63) is 49.2 Å². The first-order chi connectivity index (χ1) is 12.5. The lowest BCUT2D eigenvalue weighted by atomic mass is 10.1. The Hall–Kier alpha value is -2.30. The highest BCUT2D eigenvalue weighted by Gasteiger charge is 2.28. The van der Waals surface area contributed by atoms with Crippen molar-refractivity contribution in [2.45, 2.75) is 38.6 Å². The minimum Gasteiger partial charge on any atom is -0.379 e. The van der Waals surface area contributed by atoms with Gasteiger partial charge in [-0.05, 0) is 13.3 Å². The summed E-state index contributed by atoms with van der Waals surface area (Å²) in [6.45, 7) is 2.66. The second-order valence-electron chi connectivity index (χ2n) is 6.07. The van der Waals surface area contributed by atoms with Gasteiger partial charge in [-0.2, -0.15) is 0 Å². The Kier molecular flexibility index (Phi) is 5.96. The zero-order valence-corrected chi connectivity index (χ0v) is 15.1. The van der Waals surface area contributed by atoms with E-state index in [-0.39, 0.29) is 24.6 Å². The van der Waals surface area contributed by atoms with Crippen LogP contribution >= 0.6 is 11.3 Å². The molecule has 0 saturated carbocycles. The van der Waals surface area contributed by atoms with Crippen LogP contribution in [0.15, 0.2) is 26.7 Å². The number of nitrogens with zero attached hydrogens (tertiary/aromatic N) is 2. The Bertz CT molecular complexity index is 860. The molecule has 1 amide bonds. The maximum absolute atomic E-state index is 12.3. The van der Waals surface area contributed by atoms with E-state index in [1.165, 1.54) is 22.1 Å². The van der Waals surface area contributed by atoms with Crippen LogP contribution in [0.2, 0.25) is 0 Å². The maximum Gasteiger partial charge on any atom is 0.328 e. The Morgan fingerprint density at radius 3 is 3.15 bits per heavy atom. The van der Waals surface area contributed by atoms with E-state index in [9.17, 15) is 14.4 Å². The summed E-state index contributed by atoms with van der Waals surface area (Å²) < 4.78 is 12.5. The fourth-order valence-corrected chi connectivity index (χ4v) is 3.23. The molecule has 140 valence electrons. The Balaban J connectivity index is 1.60. The van der Waals surface area contributed by atoms with Crippen molar-refractivity contribution in [2.75, 3.05) is 13.2 Å². The van der Waals surface area contributed by atoms with Gasteiger partial charge >= 0.3 is 5.69 Å². The lowest BCUT2D eigenvalue weighted by molar-refractivity contribution is -0.127. The molecule has 1 saturated heterocycles. The van der Waals surface area contributed by atoms with E-state index < -0.39 is 11.2 Å². The number of nitrogens with one attached hydrogen (secondary N) is 2. The smallest absolute Gasteiger partial charge is 0.328 e. The van der Waals surface area contributed by atoms with Crippen LogP contribution in [0.5, 0.6) is 0 Å². The van der Waals surface area contributed by atoms with Crippen LogP contribution in [0.4, 0.5) is 0 Å². The number of rotatable bonds is 6. The summed E-state index contributed by atoms with van der Waals surface area (Å²) in [6, 6.07) is -0.213. The Morgan fingerprint density at radius 1 is 1.54 bits per heavy atom. The molecule has 10 heteroatoms. The molecule has 9 nitrogen and oxygen atoms in total. The first-order valence-electron chi connectivity index (χ1n) is 8.19. The first-order valence-corrected chi connectivity index (χ1v) is 9.13. The molecule has 0 spiro atoms. The van der Waals surface area contributed by atoms with Gasteiger partial charge in [0.15, 0.2) is 0 Å². The average Bonchev–Trinajstić information content (AvgIpc) is 3.12. The first kappa shape index (κ1) is 18.5. The molecular weight excluding hydrogens is 360 g/mol. The van der Waals surface area contributed by atoms with Crippen LogP contribution in [-0.2, 0) is 27.4 Å². The number of aromatic amines is 1. The predicted octanol–water partition coefficient (Wildman–Crippen LogP) is -0.208. The van der Waals surface area contributed by atoms with Crippen molar-refractivity contribution < 1.29 is 14.3 Å². The molecule has 2 atom stereocenters. The van der Waals surface area contributed by atoms with Crippen LogP contribution in [0.3, 0.4) is 0 Å². The highest BCUT2D eigenvalue weighted by atomic mass is 32.1. The van der Waals surface area contributed by atoms with E-state index in [0.717, 1.165) is 5.69 Å². The molecule has 1 aliphatic heterocycles. The molecule has 26 heavy (non-hydrogen) atoms. The third-order valence-electron chi connectivity index (χ3n) is 4.08. The summed E-state index contributed by atoms with van der Waals surface area (Å²) in [4.78, 5) is 41.9. The Labute approximate surface area is 153 Å². The van der Waals surface area contributed by atoms with Gasteiger partial charge in [0, 0.05) is 23.7 Å². The van der Waals surface area contributed by atoms with Gasteiger partial charge in [0.25, 0.3) is 5.56 Å². The van der Waals surface area contributed by atoms with E-state index in [1.807, 2.05) is 5.38 Å². The van der Waals surface area contributed by atoms with Gasteiger partial charge in [-0.15, -0.1) is 11.3 Å². The van der Waals surface area contributed by atoms with Crippen LogP contribution in [0.25, 0.3) is 0 Å². The number of carbonyl (C=O) groups excluding carboxylic acids is 1. The molecule has 3 heterocycles. The van der Waals surface area contributed by atoms with E-state index >= 15 is 0 Å². The number of thiazole rings is 1. The fourth-order valence-electron chi connectivity index (χ4n) is 2.69. The number of carbonyl (C=O) groups is 1. The predicted molar refractivity (Wildman–Crippen MR) is 94.1 cm³/mol. The molecule has 0 aliphatic carbocycles. The van der Waals surface area contributed by atoms with Gasteiger partial charge in [0.05, 0.1) is 30.5 Å². The Morgan fingerprint density at radius 2 is 2.38 bits per heavy atom. The maximum atomic E-state index is 12.3. The van der Waals surface area contributed by atoms with Gasteiger partial charge in [0.2, 0.25) is 5.91 Å². The summed E-state index contributed by atoms with van der Waals surface area (Å²) in [5.74, 6) is -0.326. The number of aryl methyl sites for hydroxylation is 1. The number of amides is 1. The molecule has 0 unspecified atom stereocenters. The number of H-pyrrole nitrogens is 1. The second-order valence-corrected chi connectivity index (χ2v) is 6.78. The second kappa shape index (κ2) is 8.39. The summed E-state index contributed by atoms with van der Waals surface area (Å²) in [7, 11) is 0. The third kappa shape index (κ3) is 4.65. The van der Waals surface area contributed by atoms with E-state index in [0.29, 0.717) is 31.8 Å². The normalized spacial score (nSPS) is 20.0. The van der Waals surface area contributed by atoms with Crippen molar-refractivity contribution in [3.63, 3.8) is 0 Å². The lowest BCUT2D eigenvalue weighted by Gasteiger charge is -2.32. The molecule has 0 bridgehead atoms.